The molecule has 3 rings (SSSR count). The molecule has 0 spiro atoms. The number of rotatable bonds is 2. The van der Waals surface area contributed by atoms with Crippen LogP contribution in [-0.4, -0.2) is 9.55 Å². The summed E-state index contributed by atoms with van der Waals surface area (Å²) >= 11 is 21.7. The minimum absolute atomic E-state index is 0.302. The van der Waals surface area contributed by atoms with Crippen molar-refractivity contribution in [2.45, 2.75) is 5.88 Å². The molecule has 0 N–H and O–H groups in total. The Morgan fingerprint density at radius 1 is 1.05 bits per heavy atom. The van der Waals surface area contributed by atoms with E-state index in [0.29, 0.717) is 15.9 Å². The lowest BCUT2D eigenvalue weighted by atomic mass is 10.2. The van der Waals surface area contributed by atoms with Gasteiger partial charge in [-0.3, -0.25) is 4.57 Å². The number of aromatic nitrogens is 2. The molecule has 0 radical (unpaired) electrons. The number of hydrogen-bond donors (Lipinski definition) is 0. The minimum Gasteiger partial charge on any atom is -0.295 e. The Kier molecular flexibility index (Phi) is 3.95. The van der Waals surface area contributed by atoms with Crippen molar-refractivity contribution in [2.24, 2.45) is 0 Å². The largest absolute Gasteiger partial charge is 0.295 e. The zero-order valence-electron chi connectivity index (χ0n) is 10.1. The predicted molar refractivity (Wildman–Crippen MR) is 88.3 cm³/mol. The molecular formula is C14H8BrCl3N2. The first-order valence-corrected chi connectivity index (χ1v) is 7.86. The van der Waals surface area contributed by atoms with Gasteiger partial charge in [-0.25, -0.2) is 4.98 Å². The zero-order chi connectivity index (χ0) is 14.3. The van der Waals surface area contributed by atoms with Crippen LogP contribution in [0.15, 0.2) is 40.9 Å². The minimum atomic E-state index is 0.302. The third kappa shape index (κ3) is 2.56. The smallest absolute Gasteiger partial charge is 0.129 e. The Labute approximate surface area is 139 Å². The molecule has 0 fully saturated rings. The lowest BCUT2D eigenvalue weighted by Crippen LogP contribution is -1.99. The number of imidazole rings is 1. The summed E-state index contributed by atoms with van der Waals surface area (Å²) < 4.78 is 2.94. The van der Waals surface area contributed by atoms with Crippen LogP contribution in [0.25, 0.3) is 16.7 Å². The summed E-state index contributed by atoms with van der Waals surface area (Å²) in [5.74, 6) is 1.05. The molecule has 0 aliphatic carbocycles. The Morgan fingerprint density at radius 3 is 2.40 bits per heavy atom. The first-order valence-electron chi connectivity index (χ1n) is 5.78. The van der Waals surface area contributed by atoms with Crippen LogP contribution in [0.3, 0.4) is 0 Å². The van der Waals surface area contributed by atoms with E-state index in [2.05, 4.69) is 20.9 Å². The molecule has 20 heavy (non-hydrogen) atoms. The first-order chi connectivity index (χ1) is 9.58. The van der Waals surface area contributed by atoms with Gasteiger partial charge in [0.1, 0.15) is 5.82 Å². The summed E-state index contributed by atoms with van der Waals surface area (Å²) in [5, 5.41) is 1.15. The number of benzene rings is 2. The van der Waals surface area contributed by atoms with Crippen molar-refractivity contribution in [3.63, 3.8) is 0 Å². The van der Waals surface area contributed by atoms with Gasteiger partial charge < -0.3 is 0 Å². The van der Waals surface area contributed by atoms with Crippen LogP contribution < -0.4 is 0 Å². The molecule has 6 heteroatoms. The molecule has 2 nitrogen and oxygen atoms in total. The van der Waals surface area contributed by atoms with E-state index in [1.807, 2.05) is 34.9 Å². The zero-order valence-corrected chi connectivity index (χ0v) is 13.9. The first kappa shape index (κ1) is 14.2. The molecular weight excluding hydrogens is 382 g/mol. The Morgan fingerprint density at radius 2 is 1.75 bits per heavy atom. The second-order valence-corrected chi connectivity index (χ2v) is 6.31. The third-order valence-electron chi connectivity index (χ3n) is 2.91. The summed E-state index contributed by atoms with van der Waals surface area (Å²) in [6.07, 6.45) is 0. The van der Waals surface area contributed by atoms with Gasteiger partial charge in [0.2, 0.25) is 0 Å². The maximum Gasteiger partial charge on any atom is 0.129 e. The van der Waals surface area contributed by atoms with E-state index in [1.165, 1.54) is 0 Å². The van der Waals surface area contributed by atoms with Crippen LogP contribution in [0.2, 0.25) is 10.0 Å². The van der Waals surface area contributed by atoms with E-state index in [1.54, 1.807) is 6.07 Å². The van der Waals surface area contributed by atoms with Gasteiger partial charge in [-0.05, 0) is 36.4 Å². The van der Waals surface area contributed by atoms with Crippen LogP contribution in [0, 0.1) is 0 Å². The van der Waals surface area contributed by atoms with E-state index >= 15 is 0 Å². The Balaban J connectivity index is 2.35. The highest BCUT2D eigenvalue weighted by molar-refractivity contribution is 9.10. The topological polar surface area (TPSA) is 17.8 Å². The van der Waals surface area contributed by atoms with Gasteiger partial charge in [-0.1, -0.05) is 39.1 Å². The SMILES string of the molecule is ClCc1nc2ccc(Br)cc2n1-c1cc(Cl)cc(Cl)c1. The molecule has 0 saturated carbocycles. The molecule has 0 amide bonds. The number of halogens is 4. The summed E-state index contributed by atoms with van der Waals surface area (Å²) in [4.78, 5) is 4.53. The molecule has 0 aliphatic heterocycles. The van der Waals surface area contributed by atoms with E-state index in [-0.39, 0.29) is 0 Å². The Bertz CT molecular complexity index is 778. The third-order valence-corrected chi connectivity index (χ3v) is 4.08. The molecule has 102 valence electrons. The molecule has 0 bridgehead atoms. The fourth-order valence-corrected chi connectivity index (χ4v) is 3.19. The van der Waals surface area contributed by atoms with Crippen molar-refractivity contribution < 1.29 is 0 Å². The number of fused-ring (bicyclic) bond motifs is 1. The highest BCUT2D eigenvalue weighted by atomic mass is 79.9. The van der Waals surface area contributed by atoms with Crippen LogP contribution >= 0.6 is 50.7 Å². The van der Waals surface area contributed by atoms with Gasteiger partial charge in [0.05, 0.1) is 22.6 Å². The summed E-state index contributed by atoms with van der Waals surface area (Å²) in [7, 11) is 0. The van der Waals surface area contributed by atoms with E-state index in [4.69, 9.17) is 34.8 Å². The summed E-state index contributed by atoms with van der Waals surface area (Å²) in [5.41, 5.74) is 2.67. The summed E-state index contributed by atoms with van der Waals surface area (Å²) in [6, 6.07) is 11.3. The molecule has 0 aliphatic rings. The van der Waals surface area contributed by atoms with Gasteiger partial charge in [0.15, 0.2) is 0 Å². The van der Waals surface area contributed by atoms with Crippen molar-refractivity contribution in [1.82, 2.24) is 9.55 Å². The number of nitrogens with zero attached hydrogens (tertiary/aromatic N) is 2. The van der Waals surface area contributed by atoms with Crippen LogP contribution in [0.5, 0.6) is 0 Å². The van der Waals surface area contributed by atoms with Gasteiger partial charge in [0, 0.05) is 14.5 Å². The fourth-order valence-electron chi connectivity index (χ4n) is 2.14. The quantitative estimate of drug-likeness (QED) is 0.503. The number of alkyl halides is 1. The normalized spacial score (nSPS) is 11.2. The molecule has 0 atom stereocenters. The van der Waals surface area contributed by atoms with Crippen molar-refractivity contribution in [1.29, 1.82) is 0 Å². The van der Waals surface area contributed by atoms with Crippen LogP contribution in [0.1, 0.15) is 5.82 Å². The highest BCUT2D eigenvalue weighted by Gasteiger charge is 2.13. The predicted octanol–water partition coefficient (Wildman–Crippen LogP) is 5.83. The monoisotopic (exact) mass is 388 g/mol. The lowest BCUT2D eigenvalue weighted by molar-refractivity contribution is 0.982. The second kappa shape index (κ2) is 5.57. The molecule has 1 heterocycles. The lowest BCUT2D eigenvalue weighted by Gasteiger charge is -2.09. The van der Waals surface area contributed by atoms with Crippen molar-refractivity contribution in [3.8, 4) is 5.69 Å². The average molecular weight is 390 g/mol. The van der Waals surface area contributed by atoms with Crippen LogP contribution in [0.4, 0.5) is 0 Å². The summed E-state index contributed by atoms with van der Waals surface area (Å²) in [6.45, 7) is 0. The maximum absolute atomic E-state index is 6.08. The van der Waals surface area contributed by atoms with Crippen molar-refractivity contribution in [2.75, 3.05) is 0 Å². The average Bonchev–Trinajstić information content (AvgIpc) is 2.75. The Hall–Kier alpha value is -0.740. The maximum atomic E-state index is 6.08. The molecule has 0 unspecified atom stereocenters. The van der Waals surface area contributed by atoms with Crippen molar-refractivity contribution in [3.05, 3.63) is 56.7 Å². The van der Waals surface area contributed by atoms with Gasteiger partial charge >= 0.3 is 0 Å². The van der Waals surface area contributed by atoms with E-state index in [0.717, 1.165) is 27.0 Å². The van der Waals surface area contributed by atoms with Gasteiger partial charge in [-0.15, -0.1) is 11.6 Å². The molecule has 2 aromatic carbocycles. The van der Waals surface area contributed by atoms with Gasteiger partial charge in [-0.2, -0.15) is 0 Å². The molecule has 0 saturated heterocycles. The molecule has 1 aromatic heterocycles. The van der Waals surface area contributed by atoms with E-state index in [9.17, 15) is 0 Å². The van der Waals surface area contributed by atoms with Gasteiger partial charge in [0.25, 0.3) is 0 Å². The van der Waals surface area contributed by atoms with E-state index < -0.39 is 0 Å². The number of hydrogen-bond acceptors (Lipinski definition) is 1. The standard InChI is InChI=1S/C14H8BrCl3N2/c15-8-1-2-12-13(3-8)20(14(7-16)19-12)11-5-9(17)4-10(18)6-11/h1-6H,7H2. The fraction of sp³-hybridized carbons (Fsp3) is 0.0714. The molecule has 3 aromatic rings. The van der Waals surface area contributed by atoms with Crippen molar-refractivity contribution >= 4 is 61.8 Å². The second-order valence-electron chi connectivity index (χ2n) is 4.26. The highest BCUT2D eigenvalue weighted by Crippen LogP contribution is 2.28. The van der Waals surface area contributed by atoms with Crippen LogP contribution in [-0.2, 0) is 5.88 Å².